The van der Waals surface area contributed by atoms with E-state index >= 15 is 0 Å². The standard InChI is InChI=1S/C17H25NO2/c1-13-3-4-16-14(9-13)10-15(20-16)11-18-12-17(5-6-17)7-8-19-2/h3-4,9,15,18H,5-8,10-12H2,1-2H3. The third-order valence-electron chi connectivity index (χ3n) is 4.62. The van der Waals surface area contributed by atoms with Crippen molar-refractivity contribution < 1.29 is 9.47 Å². The number of fused-ring (bicyclic) bond motifs is 1. The van der Waals surface area contributed by atoms with Crippen molar-refractivity contribution in [3.05, 3.63) is 29.3 Å². The number of nitrogens with one attached hydrogen (secondary N) is 1. The predicted octanol–water partition coefficient (Wildman–Crippen LogP) is 2.70. The van der Waals surface area contributed by atoms with Crippen LogP contribution in [0.15, 0.2) is 18.2 Å². The molecular weight excluding hydrogens is 250 g/mol. The molecule has 1 aliphatic heterocycles. The van der Waals surface area contributed by atoms with Gasteiger partial charge in [0.15, 0.2) is 0 Å². The highest BCUT2D eigenvalue weighted by molar-refractivity contribution is 5.40. The summed E-state index contributed by atoms with van der Waals surface area (Å²) in [5.74, 6) is 1.07. The molecule has 0 saturated heterocycles. The molecule has 0 aromatic heterocycles. The Kier molecular flexibility index (Phi) is 3.99. The van der Waals surface area contributed by atoms with Gasteiger partial charge in [-0.2, -0.15) is 0 Å². The monoisotopic (exact) mass is 275 g/mol. The van der Waals surface area contributed by atoms with E-state index in [9.17, 15) is 0 Å². The third-order valence-corrected chi connectivity index (χ3v) is 4.62. The summed E-state index contributed by atoms with van der Waals surface area (Å²) in [4.78, 5) is 0. The van der Waals surface area contributed by atoms with Crippen LogP contribution in [-0.4, -0.2) is 32.9 Å². The first kappa shape index (κ1) is 13.9. The molecule has 1 fully saturated rings. The van der Waals surface area contributed by atoms with Crippen molar-refractivity contribution in [1.29, 1.82) is 0 Å². The largest absolute Gasteiger partial charge is 0.488 e. The normalized spacial score (nSPS) is 22.4. The predicted molar refractivity (Wildman–Crippen MR) is 80.3 cm³/mol. The van der Waals surface area contributed by atoms with Crippen LogP contribution in [0.2, 0.25) is 0 Å². The van der Waals surface area contributed by atoms with Crippen LogP contribution in [0.1, 0.15) is 30.4 Å². The second-order valence-electron chi connectivity index (χ2n) is 6.43. The van der Waals surface area contributed by atoms with Gasteiger partial charge in [0.05, 0.1) is 0 Å². The van der Waals surface area contributed by atoms with Crippen molar-refractivity contribution in [2.45, 2.75) is 38.7 Å². The maximum absolute atomic E-state index is 5.99. The fourth-order valence-electron chi connectivity index (χ4n) is 3.07. The van der Waals surface area contributed by atoms with Crippen LogP contribution in [0.4, 0.5) is 0 Å². The molecule has 1 N–H and O–H groups in total. The molecule has 1 aliphatic carbocycles. The van der Waals surface area contributed by atoms with Crippen LogP contribution >= 0.6 is 0 Å². The third kappa shape index (κ3) is 3.15. The number of methoxy groups -OCH3 is 1. The summed E-state index contributed by atoms with van der Waals surface area (Å²) < 4.78 is 11.2. The molecule has 20 heavy (non-hydrogen) atoms. The summed E-state index contributed by atoms with van der Waals surface area (Å²) in [6, 6.07) is 6.47. The topological polar surface area (TPSA) is 30.5 Å². The number of hydrogen-bond donors (Lipinski definition) is 1. The molecule has 1 aromatic carbocycles. The molecular formula is C17H25NO2. The highest BCUT2D eigenvalue weighted by atomic mass is 16.5. The van der Waals surface area contributed by atoms with E-state index in [1.54, 1.807) is 7.11 Å². The lowest BCUT2D eigenvalue weighted by molar-refractivity contribution is 0.168. The van der Waals surface area contributed by atoms with E-state index < -0.39 is 0 Å². The Hall–Kier alpha value is -1.06. The van der Waals surface area contributed by atoms with Gasteiger partial charge in [0.25, 0.3) is 0 Å². The van der Waals surface area contributed by atoms with Crippen molar-refractivity contribution in [3.8, 4) is 5.75 Å². The highest BCUT2D eigenvalue weighted by Crippen LogP contribution is 2.48. The van der Waals surface area contributed by atoms with Gasteiger partial charge in [0.1, 0.15) is 11.9 Å². The molecule has 2 aliphatic rings. The Labute approximate surface area is 121 Å². The quantitative estimate of drug-likeness (QED) is 0.830. The van der Waals surface area contributed by atoms with Crippen molar-refractivity contribution in [3.63, 3.8) is 0 Å². The van der Waals surface area contributed by atoms with Gasteiger partial charge in [-0.25, -0.2) is 0 Å². The average Bonchev–Trinajstić information content (AvgIpc) is 3.08. The van der Waals surface area contributed by atoms with Crippen molar-refractivity contribution >= 4 is 0 Å². The Morgan fingerprint density at radius 3 is 3.00 bits per heavy atom. The minimum absolute atomic E-state index is 0.296. The fraction of sp³-hybridized carbons (Fsp3) is 0.647. The Bertz CT molecular complexity index is 468. The van der Waals surface area contributed by atoms with Gasteiger partial charge in [-0.1, -0.05) is 17.7 Å². The minimum Gasteiger partial charge on any atom is -0.488 e. The summed E-state index contributed by atoms with van der Waals surface area (Å²) in [7, 11) is 1.79. The number of hydrogen-bond acceptors (Lipinski definition) is 3. The van der Waals surface area contributed by atoms with Gasteiger partial charge < -0.3 is 14.8 Å². The summed E-state index contributed by atoms with van der Waals surface area (Å²) in [5.41, 5.74) is 3.19. The molecule has 3 rings (SSSR count). The molecule has 3 nitrogen and oxygen atoms in total. The van der Waals surface area contributed by atoms with E-state index in [1.807, 2.05) is 0 Å². The Balaban J connectivity index is 1.43. The molecule has 1 unspecified atom stereocenters. The van der Waals surface area contributed by atoms with Crippen molar-refractivity contribution in [2.24, 2.45) is 5.41 Å². The van der Waals surface area contributed by atoms with Crippen molar-refractivity contribution in [1.82, 2.24) is 5.32 Å². The molecule has 1 saturated carbocycles. The molecule has 110 valence electrons. The highest BCUT2D eigenvalue weighted by Gasteiger charge is 2.41. The van der Waals surface area contributed by atoms with Gasteiger partial charge in [-0.05, 0) is 43.2 Å². The summed E-state index contributed by atoms with van der Waals surface area (Å²) in [6.07, 6.45) is 5.20. The van der Waals surface area contributed by atoms with E-state index in [0.717, 1.165) is 31.9 Å². The Morgan fingerprint density at radius 1 is 1.40 bits per heavy atom. The van der Waals surface area contributed by atoms with E-state index in [4.69, 9.17) is 9.47 Å². The molecule has 1 aromatic rings. The number of aryl methyl sites for hydroxylation is 1. The lowest BCUT2D eigenvalue weighted by Crippen LogP contribution is -2.34. The van der Waals surface area contributed by atoms with Crippen molar-refractivity contribution in [2.75, 3.05) is 26.8 Å². The van der Waals surface area contributed by atoms with E-state index in [0.29, 0.717) is 11.5 Å². The van der Waals surface area contributed by atoms with E-state index in [1.165, 1.54) is 30.4 Å². The zero-order chi connectivity index (χ0) is 14.0. The second-order valence-corrected chi connectivity index (χ2v) is 6.43. The molecule has 0 spiro atoms. The number of ether oxygens (including phenoxy) is 2. The van der Waals surface area contributed by atoms with Crippen LogP contribution in [0.25, 0.3) is 0 Å². The molecule has 1 heterocycles. The minimum atomic E-state index is 0.296. The second kappa shape index (κ2) is 5.74. The lowest BCUT2D eigenvalue weighted by atomic mass is 10.0. The first-order valence-corrected chi connectivity index (χ1v) is 7.67. The lowest BCUT2D eigenvalue weighted by Gasteiger charge is -2.17. The first-order chi connectivity index (χ1) is 9.71. The van der Waals surface area contributed by atoms with Crippen LogP contribution in [0, 0.1) is 12.3 Å². The molecule has 3 heteroatoms. The van der Waals surface area contributed by atoms with Gasteiger partial charge in [0.2, 0.25) is 0 Å². The van der Waals surface area contributed by atoms with Crippen LogP contribution in [0.5, 0.6) is 5.75 Å². The fourth-order valence-corrected chi connectivity index (χ4v) is 3.07. The zero-order valence-electron chi connectivity index (χ0n) is 12.6. The SMILES string of the molecule is COCCC1(CNCC2Cc3cc(C)ccc3O2)CC1. The van der Waals surface area contributed by atoms with Crippen LogP contribution < -0.4 is 10.1 Å². The maximum atomic E-state index is 5.99. The first-order valence-electron chi connectivity index (χ1n) is 7.67. The molecule has 0 bridgehead atoms. The average molecular weight is 275 g/mol. The number of rotatable bonds is 7. The maximum Gasteiger partial charge on any atom is 0.123 e. The van der Waals surface area contributed by atoms with Crippen LogP contribution in [0.3, 0.4) is 0 Å². The van der Waals surface area contributed by atoms with Gasteiger partial charge >= 0.3 is 0 Å². The molecule has 1 atom stereocenters. The summed E-state index contributed by atoms with van der Waals surface area (Å²) >= 11 is 0. The van der Waals surface area contributed by atoms with E-state index in [-0.39, 0.29) is 0 Å². The van der Waals surface area contributed by atoms with E-state index in [2.05, 4.69) is 30.4 Å². The molecule has 0 radical (unpaired) electrons. The van der Waals surface area contributed by atoms with Crippen LogP contribution in [-0.2, 0) is 11.2 Å². The smallest absolute Gasteiger partial charge is 0.123 e. The number of benzene rings is 1. The molecule has 0 amide bonds. The van der Waals surface area contributed by atoms with Gasteiger partial charge in [-0.15, -0.1) is 0 Å². The Morgan fingerprint density at radius 2 is 2.25 bits per heavy atom. The van der Waals surface area contributed by atoms with Gasteiger partial charge in [-0.3, -0.25) is 0 Å². The van der Waals surface area contributed by atoms with Gasteiger partial charge in [0, 0.05) is 33.2 Å². The zero-order valence-corrected chi connectivity index (χ0v) is 12.6. The summed E-state index contributed by atoms with van der Waals surface area (Å²) in [5, 5.41) is 3.61. The summed E-state index contributed by atoms with van der Waals surface area (Å²) in [6.45, 7) is 5.07.